The summed E-state index contributed by atoms with van der Waals surface area (Å²) in [5.41, 5.74) is 3.63. The van der Waals surface area contributed by atoms with Gasteiger partial charge in [-0.05, 0) is 49.8 Å². The Morgan fingerprint density at radius 3 is 2.80 bits per heavy atom. The second-order valence-corrected chi connectivity index (χ2v) is 7.06. The summed E-state index contributed by atoms with van der Waals surface area (Å²) in [6.07, 6.45) is 6.15. The summed E-state index contributed by atoms with van der Waals surface area (Å²) in [5, 5.41) is 5.22. The van der Waals surface area contributed by atoms with E-state index in [-0.39, 0.29) is 11.6 Å². The van der Waals surface area contributed by atoms with Crippen molar-refractivity contribution in [3.8, 4) is 11.3 Å². The smallest absolute Gasteiger partial charge is 0.251 e. The van der Waals surface area contributed by atoms with Gasteiger partial charge in [-0.15, -0.1) is 0 Å². The van der Waals surface area contributed by atoms with Gasteiger partial charge in [0.05, 0.1) is 17.9 Å². The molecule has 2 heterocycles. The van der Waals surface area contributed by atoms with Crippen LogP contribution in [0.2, 0.25) is 5.02 Å². The van der Waals surface area contributed by atoms with Gasteiger partial charge in [-0.2, -0.15) is 5.10 Å². The van der Waals surface area contributed by atoms with Crippen molar-refractivity contribution >= 4 is 11.6 Å². The zero-order chi connectivity index (χ0) is 17.6. The summed E-state index contributed by atoms with van der Waals surface area (Å²) in [5.74, 6) is 1.27. The fourth-order valence-corrected chi connectivity index (χ4v) is 3.45. The Bertz CT molecular complexity index is 987. The fraction of sp³-hybridized carbons (Fsp3) is 0.316. The minimum Gasteiger partial charge on any atom is -0.311 e. The summed E-state index contributed by atoms with van der Waals surface area (Å²) in [6.45, 7) is 3.82. The molecule has 0 radical (unpaired) electrons. The van der Waals surface area contributed by atoms with E-state index in [0.717, 1.165) is 16.1 Å². The molecule has 2 aromatic heterocycles. The first-order valence-electron chi connectivity index (χ1n) is 8.43. The van der Waals surface area contributed by atoms with Crippen molar-refractivity contribution in [3.63, 3.8) is 0 Å². The molecule has 128 valence electrons. The molecule has 0 unspecified atom stereocenters. The molecule has 1 saturated carbocycles. The molecule has 1 aliphatic carbocycles. The second kappa shape index (κ2) is 6.15. The molecule has 5 nitrogen and oxygen atoms in total. The molecule has 3 aromatic rings. The number of nitrogens with one attached hydrogen (secondary N) is 1. The van der Waals surface area contributed by atoms with E-state index in [4.69, 9.17) is 11.6 Å². The first kappa shape index (κ1) is 16.1. The van der Waals surface area contributed by atoms with Crippen LogP contribution in [0.15, 0.2) is 41.5 Å². The lowest BCUT2D eigenvalue weighted by molar-refractivity contribution is 0.564. The van der Waals surface area contributed by atoms with Crippen molar-refractivity contribution in [1.29, 1.82) is 0 Å². The highest BCUT2D eigenvalue weighted by Crippen LogP contribution is 2.41. The molecule has 1 fully saturated rings. The molecule has 25 heavy (non-hydrogen) atoms. The maximum absolute atomic E-state index is 11.6. The minimum absolute atomic E-state index is 0.00223. The van der Waals surface area contributed by atoms with Gasteiger partial charge in [0, 0.05) is 22.8 Å². The van der Waals surface area contributed by atoms with Crippen LogP contribution in [0.1, 0.15) is 48.7 Å². The monoisotopic (exact) mass is 354 g/mol. The van der Waals surface area contributed by atoms with Gasteiger partial charge in [0.2, 0.25) is 0 Å². The summed E-state index contributed by atoms with van der Waals surface area (Å²) in [6, 6.07) is 7.82. The maximum atomic E-state index is 11.6. The predicted molar refractivity (Wildman–Crippen MR) is 98.1 cm³/mol. The van der Waals surface area contributed by atoms with Gasteiger partial charge in [-0.25, -0.2) is 4.98 Å². The number of hydrogen-bond acceptors (Lipinski definition) is 3. The van der Waals surface area contributed by atoms with Crippen molar-refractivity contribution < 1.29 is 0 Å². The molecule has 0 amide bonds. The highest BCUT2D eigenvalue weighted by molar-refractivity contribution is 6.31. The van der Waals surface area contributed by atoms with E-state index in [1.54, 1.807) is 13.1 Å². The van der Waals surface area contributed by atoms with Gasteiger partial charge in [-0.1, -0.05) is 23.7 Å². The van der Waals surface area contributed by atoms with Gasteiger partial charge < -0.3 is 4.98 Å². The Morgan fingerprint density at radius 2 is 2.12 bits per heavy atom. The average molecular weight is 355 g/mol. The molecule has 0 aliphatic heterocycles. The van der Waals surface area contributed by atoms with Crippen LogP contribution in [-0.4, -0.2) is 19.7 Å². The van der Waals surface area contributed by atoms with E-state index in [1.165, 1.54) is 24.5 Å². The van der Waals surface area contributed by atoms with Crippen LogP contribution < -0.4 is 5.56 Å². The SMILES string of the molecule is Cc1nc(-c2cnn([C@@H](C)c3ccc(C4CC4)cc3Cl)c2)cc(=O)[nH]1. The zero-order valence-electron chi connectivity index (χ0n) is 14.2. The molecule has 0 saturated heterocycles. The lowest BCUT2D eigenvalue weighted by Gasteiger charge is -2.15. The molecule has 1 atom stereocenters. The van der Waals surface area contributed by atoms with Crippen molar-refractivity contribution in [2.45, 2.75) is 38.6 Å². The summed E-state index contributed by atoms with van der Waals surface area (Å²) >= 11 is 6.51. The van der Waals surface area contributed by atoms with Crippen molar-refractivity contribution in [1.82, 2.24) is 19.7 Å². The Hall–Kier alpha value is -2.40. The highest BCUT2D eigenvalue weighted by atomic mass is 35.5. The van der Waals surface area contributed by atoms with Crippen molar-refractivity contribution in [2.75, 3.05) is 0 Å². The van der Waals surface area contributed by atoms with Crippen molar-refractivity contribution in [2.24, 2.45) is 0 Å². The fourth-order valence-electron chi connectivity index (χ4n) is 3.10. The second-order valence-electron chi connectivity index (χ2n) is 6.66. The predicted octanol–water partition coefficient (Wildman–Crippen LogP) is 4.08. The van der Waals surface area contributed by atoms with E-state index in [0.29, 0.717) is 17.4 Å². The molecular formula is C19H19ClN4O. The third-order valence-corrected chi connectivity index (χ3v) is 5.00. The lowest BCUT2D eigenvalue weighted by Crippen LogP contribution is -2.09. The van der Waals surface area contributed by atoms with E-state index < -0.39 is 0 Å². The molecule has 0 spiro atoms. The number of rotatable bonds is 4. The third-order valence-electron chi connectivity index (χ3n) is 4.68. The van der Waals surface area contributed by atoms with Crippen molar-refractivity contribution in [3.05, 3.63) is 69.0 Å². The van der Waals surface area contributed by atoms with Crippen LogP contribution in [0, 0.1) is 6.92 Å². The minimum atomic E-state index is -0.165. The molecule has 4 rings (SSSR count). The molecule has 1 aliphatic rings. The van der Waals surface area contributed by atoms with E-state index in [2.05, 4.69) is 40.2 Å². The van der Waals surface area contributed by atoms with Crippen LogP contribution in [0.4, 0.5) is 0 Å². The lowest BCUT2D eigenvalue weighted by atomic mass is 10.0. The Morgan fingerprint density at radius 1 is 1.32 bits per heavy atom. The summed E-state index contributed by atoms with van der Waals surface area (Å²) in [7, 11) is 0. The summed E-state index contributed by atoms with van der Waals surface area (Å²) < 4.78 is 1.85. The summed E-state index contributed by atoms with van der Waals surface area (Å²) in [4.78, 5) is 18.7. The number of halogens is 1. The molecular weight excluding hydrogens is 336 g/mol. The van der Waals surface area contributed by atoms with E-state index >= 15 is 0 Å². The molecule has 1 aromatic carbocycles. The third kappa shape index (κ3) is 3.24. The zero-order valence-corrected chi connectivity index (χ0v) is 14.9. The normalized spacial score (nSPS) is 15.3. The first-order chi connectivity index (χ1) is 12.0. The first-order valence-corrected chi connectivity index (χ1v) is 8.81. The number of H-pyrrole nitrogens is 1. The number of nitrogens with zero attached hydrogens (tertiary/aromatic N) is 3. The van der Waals surface area contributed by atoms with Gasteiger partial charge in [-0.3, -0.25) is 9.48 Å². The maximum Gasteiger partial charge on any atom is 0.251 e. The number of aryl methyl sites for hydroxylation is 1. The molecule has 6 heteroatoms. The van der Waals surface area contributed by atoms with E-state index in [9.17, 15) is 4.79 Å². The Labute approximate surface area is 150 Å². The standard InChI is InChI=1S/C19H19ClN4O/c1-11(16-6-5-14(7-17(16)20)13-3-4-13)24-10-15(9-21-24)18-8-19(25)23-12(2)22-18/h5-11,13H,3-4H2,1-2H3,(H,22,23,25)/t11-/m0/s1. The van der Waals surface area contributed by atoms with Crippen LogP contribution in [-0.2, 0) is 0 Å². The Balaban J connectivity index is 1.64. The molecule has 0 bridgehead atoms. The largest absolute Gasteiger partial charge is 0.311 e. The average Bonchev–Trinajstić information content (AvgIpc) is 3.30. The van der Waals surface area contributed by atoms with Crippen LogP contribution in [0.5, 0.6) is 0 Å². The van der Waals surface area contributed by atoms with Gasteiger partial charge in [0.15, 0.2) is 0 Å². The van der Waals surface area contributed by atoms with Crippen LogP contribution in [0.25, 0.3) is 11.3 Å². The number of hydrogen-bond donors (Lipinski definition) is 1. The van der Waals surface area contributed by atoms with Gasteiger partial charge in [0.25, 0.3) is 5.56 Å². The topological polar surface area (TPSA) is 63.6 Å². The Kier molecular flexibility index (Phi) is 3.96. The van der Waals surface area contributed by atoms with Gasteiger partial charge in [0.1, 0.15) is 5.82 Å². The van der Waals surface area contributed by atoms with Gasteiger partial charge >= 0.3 is 0 Å². The number of aromatic amines is 1. The molecule has 1 N–H and O–H groups in total. The van der Waals surface area contributed by atoms with Crippen LogP contribution in [0.3, 0.4) is 0 Å². The van der Waals surface area contributed by atoms with Crippen LogP contribution >= 0.6 is 11.6 Å². The number of aromatic nitrogens is 4. The quantitative estimate of drug-likeness (QED) is 0.767. The van der Waals surface area contributed by atoms with E-state index in [1.807, 2.05) is 10.9 Å². The highest BCUT2D eigenvalue weighted by Gasteiger charge is 2.24. The number of benzene rings is 1.